The van der Waals surface area contributed by atoms with E-state index in [2.05, 4.69) is 33.1 Å². The van der Waals surface area contributed by atoms with Gasteiger partial charge in [-0.2, -0.15) is 0 Å². The Morgan fingerprint density at radius 1 is 1.13 bits per heavy atom. The van der Waals surface area contributed by atoms with E-state index in [1.165, 1.54) is 17.7 Å². The summed E-state index contributed by atoms with van der Waals surface area (Å²) in [6.45, 7) is 2.77. The first-order valence-electron chi connectivity index (χ1n) is 10.5. The number of hydrogen-bond acceptors (Lipinski definition) is 4. The number of imidazole rings is 1. The van der Waals surface area contributed by atoms with Crippen molar-refractivity contribution >= 4 is 5.95 Å². The fraction of sp³-hybridized carbons (Fsp3) is 0.292. The number of aryl methyl sites for hydroxylation is 1. The van der Waals surface area contributed by atoms with Crippen LogP contribution in [0.4, 0.5) is 10.3 Å². The summed E-state index contributed by atoms with van der Waals surface area (Å²) in [4.78, 5) is 14.1. The van der Waals surface area contributed by atoms with E-state index in [9.17, 15) is 4.39 Å². The van der Waals surface area contributed by atoms with Crippen LogP contribution >= 0.6 is 0 Å². The molecule has 152 valence electrons. The average molecular weight is 401 g/mol. The lowest BCUT2D eigenvalue weighted by Gasteiger charge is -2.16. The lowest BCUT2D eigenvalue weighted by Crippen LogP contribution is -2.07. The Morgan fingerprint density at radius 3 is 2.70 bits per heavy atom. The lowest BCUT2D eigenvalue weighted by atomic mass is 10.1. The Balaban J connectivity index is 1.67. The summed E-state index contributed by atoms with van der Waals surface area (Å²) in [6.07, 6.45) is 12.6. The van der Waals surface area contributed by atoms with Crippen LogP contribution in [0.3, 0.4) is 0 Å². The third kappa shape index (κ3) is 3.43. The molecule has 1 aliphatic heterocycles. The number of fused-ring (bicyclic) bond motifs is 1. The molecule has 5 rings (SSSR count). The van der Waals surface area contributed by atoms with Gasteiger partial charge in [-0.15, -0.1) is 0 Å². The first-order valence-corrected chi connectivity index (χ1v) is 10.5. The molecule has 0 saturated carbocycles. The molecule has 6 heteroatoms. The van der Waals surface area contributed by atoms with Crippen molar-refractivity contribution in [3.05, 3.63) is 72.0 Å². The number of aromatic nitrogens is 4. The average Bonchev–Trinajstić information content (AvgIpc) is 3.48. The summed E-state index contributed by atoms with van der Waals surface area (Å²) in [5, 5.41) is 3.19. The largest absolute Gasteiger partial charge is 0.354 e. The van der Waals surface area contributed by atoms with Crippen LogP contribution in [0.15, 0.2) is 60.3 Å². The Labute approximate surface area is 175 Å². The maximum Gasteiger partial charge on any atom is 0.223 e. The molecule has 0 spiro atoms. The normalized spacial score (nSPS) is 17.4. The van der Waals surface area contributed by atoms with Crippen molar-refractivity contribution < 1.29 is 4.39 Å². The van der Waals surface area contributed by atoms with Crippen LogP contribution in [-0.4, -0.2) is 26.1 Å². The molecule has 0 saturated heterocycles. The second-order valence-corrected chi connectivity index (χ2v) is 7.71. The van der Waals surface area contributed by atoms with Crippen molar-refractivity contribution in [2.75, 3.05) is 11.9 Å². The van der Waals surface area contributed by atoms with E-state index in [1.807, 2.05) is 13.0 Å². The molecular weight excluding hydrogens is 377 g/mol. The molecule has 3 aromatic rings. The van der Waals surface area contributed by atoms with Gasteiger partial charge in [0.25, 0.3) is 0 Å². The first-order chi connectivity index (χ1) is 14.7. The van der Waals surface area contributed by atoms with Gasteiger partial charge in [0.2, 0.25) is 5.95 Å². The van der Waals surface area contributed by atoms with Gasteiger partial charge < -0.3 is 9.88 Å². The number of halogens is 1. The monoisotopic (exact) mass is 401 g/mol. The minimum absolute atomic E-state index is 0.250. The van der Waals surface area contributed by atoms with Gasteiger partial charge in [0.05, 0.1) is 23.1 Å². The Morgan fingerprint density at radius 2 is 1.93 bits per heavy atom. The molecule has 0 fully saturated rings. The zero-order valence-corrected chi connectivity index (χ0v) is 17.0. The van der Waals surface area contributed by atoms with Gasteiger partial charge in [0, 0.05) is 24.7 Å². The number of nitrogens with zero attached hydrogens (tertiary/aromatic N) is 4. The number of rotatable bonds is 5. The topological polar surface area (TPSA) is 55.6 Å². The molecule has 0 amide bonds. The molecule has 30 heavy (non-hydrogen) atoms. The quantitative estimate of drug-likeness (QED) is 0.586. The number of nitrogens with one attached hydrogen (secondary N) is 1. The summed E-state index contributed by atoms with van der Waals surface area (Å²) < 4.78 is 15.9. The summed E-state index contributed by atoms with van der Waals surface area (Å²) in [7, 11) is 0. The number of anilines is 1. The molecule has 0 radical (unpaired) electrons. The van der Waals surface area contributed by atoms with Crippen LogP contribution in [0.1, 0.15) is 38.1 Å². The highest BCUT2D eigenvalue weighted by atomic mass is 19.1. The second kappa shape index (κ2) is 7.86. The van der Waals surface area contributed by atoms with Crippen molar-refractivity contribution in [3.63, 3.8) is 0 Å². The van der Waals surface area contributed by atoms with Gasteiger partial charge in [0.15, 0.2) is 0 Å². The maximum atomic E-state index is 13.5. The summed E-state index contributed by atoms with van der Waals surface area (Å²) in [5.74, 6) is 1.41. The molecule has 0 bridgehead atoms. The Hall–Kier alpha value is -3.28. The molecule has 2 aliphatic rings. The van der Waals surface area contributed by atoms with E-state index in [1.54, 1.807) is 18.3 Å². The van der Waals surface area contributed by atoms with Gasteiger partial charge in [-0.1, -0.05) is 23.8 Å². The summed E-state index contributed by atoms with van der Waals surface area (Å²) in [6, 6.07) is 8.73. The molecule has 1 aliphatic carbocycles. The van der Waals surface area contributed by atoms with E-state index in [0.29, 0.717) is 5.95 Å². The molecule has 2 aromatic heterocycles. The van der Waals surface area contributed by atoms with E-state index < -0.39 is 0 Å². The van der Waals surface area contributed by atoms with Gasteiger partial charge in [0.1, 0.15) is 11.6 Å². The van der Waals surface area contributed by atoms with Crippen LogP contribution in [-0.2, 0) is 6.42 Å². The van der Waals surface area contributed by atoms with E-state index in [4.69, 9.17) is 9.97 Å². The molecule has 1 atom stereocenters. The van der Waals surface area contributed by atoms with Crippen molar-refractivity contribution in [1.82, 2.24) is 19.5 Å². The SMILES string of the molecule is CCNc1nccc(-c2c(-c3ccc(F)cc3)nc3n2C(C=C2CC=CC2)CC3)n1. The van der Waals surface area contributed by atoms with Crippen LogP contribution in [0.25, 0.3) is 22.6 Å². The summed E-state index contributed by atoms with van der Waals surface area (Å²) >= 11 is 0. The highest BCUT2D eigenvalue weighted by Crippen LogP contribution is 2.40. The van der Waals surface area contributed by atoms with E-state index in [0.717, 1.165) is 60.7 Å². The van der Waals surface area contributed by atoms with Crippen LogP contribution in [0, 0.1) is 5.82 Å². The number of benzene rings is 1. The fourth-order valence-corrected chi connectivity index (χ4v) is 4.33. The zero-order valence-electron chi connectivity index (χ0n) is 17.0. The van der Waals surface area contributed by atoms with Crippen LogP contribution in [0.5, 0.6) is 0 Å². The van der Waals surface area contributed by atoms with E-state index in [-0.39, 0.29) is 11.9 Å². The predicted molar refractivity (Wildman–Crippen MR) is 117 cm³/mol. The van der Waals surface area contributed by atoms with Crippen molar-refractivity contribution in [2.24, 2.45) is 0 Å². The molecule has 3 heterocycles. The number of allylic oxidation sites excluding steroid dienone is 4. The lowest BCUT2D eigenvalue weighted by molar-refractivity contribution is 0.628. The van der Waals surface area contributed by atoms with Gasteiger partial charge in [-0.25, -0.2) is 19.3 Å². The standard InChI is InChI=1S/C24H24FN5/c1-2-26-24-27-14-13-20(28-24)23-22(17-7-9-18(25)10-8-17)29-21-12-11-19(30(21)23)15-16-5-3-4-6-16/h3-4,7-10,13-15,19H,2,5-6,11-12H2,1H3,(H,26,27,28). The van der Waals surface area contributed by atoms with Gasteiger partial charge >= 0.3 is 0 Å². The molecule has 1 aromatic carbocycles. The third-order valence-corrected chi connectivity index (χ3v) is 5.69. The van der Waals surface area contributed by atoms with Crippen molar-refractivity contribution in [3.8, 4) is 22.6 Å². The molecule has 1 unspecified atom stereocenters. The van der Waals surface area contributed by atoms with Crippen LogP contribution < -0.4 is 5.32 Å². The second-order valence-electron chi connectivity index (χ2n) is 7.71. The van der Waals surface area contributed by atoms with E-state index >= 15 is 0 Å². The third-order valence-electron chi connectivity index (χ3n) is 5.69. The minimum atomic E-state index is -0.250. The molecule has 5 nitrogen and oxygen atoms in total. The van der Waals surface area contributed by atoms with Gasteiger partial charge in [-0.3, -0.25) is 0 Å². The smallest absolute Gasteiger partial charge is 0.223 e. The highest BCUT2D eigenvalue weighted by molar-refractivity contribution is 5.78. The highest BCUT2D eigenvalue weighted by Gasteiger charge is 2.30. The van der Waals surface area contributed by atoms with Gasteiger partial charge in [-0.05, 0) is 56.5 Å². The Bertz CT molecular complexity index is 1120. The maximum absolute atomic E-state index is 13.5. The van der Waals surface area contributed by atoms with Crippen molar-refractivity contribution in [2.45, 2.75) is 38.6 Å². The fourth-order valence-electron chi connectivity index (χ4n) is 4.33. The first kappa shape index (κ1) is 18.7. The molecule has 1 N–H and O–H groups in total. The summed E-state index contributed by atoms with van der Waals surface area (Å²) in [5.41, 5.74) is 4.99. The zero-order chi connectivity index (χ0) is 20.5. The minimum Gasteiger partial charge on any atom is -0.354 e. The predicted octanol–water partition coefficient (Wildman–Crippen LogP) is 5.34. The Kier molecular flexibility index (Phi) is 4.91. The molecular formula is C24H24FN5. The van der Waals surface area contributed by atoms with Crippen LogP contribution in [0.2, 0.25) is 0 Å². The number of hydrogen-bond donors (Lipinski definition) is 1. The van der Waals surface area contributed by atoms with Crippen molar-refractivity contribution in [1.29, 1.82) is 0 Å².